The summed E-state index contributed by atoms with van der Waals surface area (Å²) in [6, 6.07) is 3.72. The molecule has 2 N–H and O–H groups in total. The summed E-state index contributed by atoms with van der Waals surface area (Å²) < 4.78 is 11.1. The number of anilines is 2. The molecule has 154 valence electrons. The number of hydrogen-bond acceptors (Lipinski definition) is 9. The van der Waals surface area contributed by atoms with Crippen LogP contribution in [0.1, 0.15) is 44.1 Å². The third-order valence-electron chi connectivity index (χ3n) is 5.38. The van der Waals surface area contributed by atoms with Gasteiger partial charge in [0.05, 0.1) is 13.2 Å². The van der Waals surface area contributed by atoms with Crippen LogP contribution in [0.3, 0.4) is 0 Å². The Balaban J connectivity index is 1.56. The van der Waals surface area contributed by atoms with E-state index in [1.807, 2.05) is 19.1 Å². The van der Waals surface area contributed by atoms with Crippen LogP contribution < -0.4 is 10.1 Å². The first-order chi connectivity index (χ1) is 14.1. The minimum atomic E-state index is -0.342. The van der Waals surface area contributed by atoms with Crippen LogP contribution in [0.25, 0.3) is 0 Å². The lowest BCUT2D eigenvalue weighted by molar-refractivity contribution is -0.140. The second kappa shape index (κ2) is 8.54. The third-order valence-corrected chi connectivity index (χ3v) is 6.78. The van der Waals surface area contributed by atoms with Crippen molar-refractivity contribution in [2.75, 3.05) is 12.4 Å². The number of nitrogens with one attached hydrogen (secondary N) is 1. The van der Waals surface area contributed by atoms with Gasteiger partial charge < -0.3 is 19.9 Å². The standard InChI is InChI=1S/C20H24N4O4S/c1-11-15-17(22-10-23-19(15)29-16(11)20(26)27-2)24-14-4-3-9-21-18(14)28-13-7-5-12(25)6-8-13/h3-4,9-13,16,25H,5-8H2,1-2H3,(H,22,23,24). The first-order valence-electron chi connectivity index (χ1n) is 9.73. The lowest BCUT2D eigenvalue weighted by Gasteiger charge is -2.26. The molecule has 9 heteroatoms. The molecule has 2 unspecified atom stereocenters. The lowest BCUT2D eigenvalue weighted by atomic mass is 9.95. The summed E-state index contributed by atoms with van der Waals surface area (Å²) in [5.41, 5.74) is 1.60. The fraction of sp³-hybridized carbons (Fsp3) is 0.500. The van der Waals surface area contributed by atoms with E-state index >= 15 is 0 Å². The minimum absolute atomic E-state index is 0.0307. The summed E-state index contributed by atoms with van der Waals surface area (Å²) in [7, 11) is 1.40. The first-order valence-corrected chi connectivity index (χ1v) is 10.6. The Morgan fingerprint density at radius 3 is 2.79 bits per heavy atom. The SMILES string of the molecule is COC(=O)C1Sc2ncnc(Nc3cccnc3OC3CCC(O)CC3)c2C1C. The summed E-state index contributed by atoms with van der Waals surface area (Å²) in [6.07, 6.45) is 6.05. The van der Waals surface area contributed by atoms with E-state index in [0.29, 0.717) is 17.4 Å². The predicted octanol–water partition coefficient (Wildman–Crippen LogP) is 3.05. The van der Waals surface area contributed by atoms with Gasteiger partial charge in [-0.1, -0.05) is 18.7 Å². The zero-order chi connectivity index (χ0) is 20.4. The quantitative estimate of drug-likeness (QED) is 0.562. The molecule has 2 aromatic rings. The highest BCUT2D eigenvalue weighted by molar-refractivity contribution is 8.00. The minimum Gasteiger partial charge on any atom is -0.473 e. The highest BCUT2D eigenvalue weighted by Gasteiger charge is 2.39. The number of carbonyl (C=O) groups excluding carboxylic acids is 1. The van der Waals surface area contributed by atoms with Crippen molar-refractivity contribution in [2.45, 2.75) is 61.0 Å². The van der Waals surface area contributed by atoms with E-state index in [-0.39, 0.29) is 29.3 Å². The summed E-state index contributed by atoms with van der Waals surface area (Å²) in [6.45, 7) is 1.98. The summed E-state index contributed by atoms with van der Waals surface area (Å²) >= 11 is 1.40. The molecule has 0 spiro atoms. The summed E-state index contributed by atoms with van der Waals surface area (Å²) in [4.78, 5) is 25.2. The first kappa shape index (κ1) is 19.9. The van der Waals surface area contributed by atoms with Crippen LogP contribution in [0, 0.1) is 0 Å². The molecule has 0 amide bonds. The van der Waals surface area contributed by atoms with Gasteiger partial charge in [-0.15, -0.1) is 0 Å². The fourth-order valence-corrected chi connectivity index (χ4v) is 5.04. The molecule has 0 bridgehead atoms. The highest BCUT2D eigenvalue weighted by atomic mass is 32.2. The van der Waals surface area contributed by atoms with Gasteiger partial charge in [-0.2, -0.15) is 0 Å². The molecule has 0 radical (unpaired) electrons. The van der Waals surface area contributed by atoms with Crippen molar-refractivity contribution in [2.24, 2.45) is 0 Å². The van der Waals surface area contributed by atoms with Gasteiger partial charge in [0, 0.05) is 17.7 Å². The number of aromatic nitrogens is 3. The van der Waals surface area contributed by atoms with E-state index < -0.39 is 0 Å². The van der Waals surface area contributed by atoms with Gasteiger partial charge in [-0.05, 0) is 37.8 Å². The zero-order valence-electron chi connectivity index (χ0n) is 16.4. The van der Waals surface area contributed by atoms with Crippen LogP contribution in [-0.2, 0) is 9.53 Å². The Kier molecular flexibility index (Phi) is 5.86. The molecule has 0 aromatic carbocycles. The van der Waals surface area contributed by atoms with E-state index in [4.69, 9.17) is 9.47 Å². The Bertz CT molecular complexity index is 889. The number of fused-ring (bicyclic) bond motifs is 1. The molecular weight excluding hydrogens is 392 g/mol. The number of pyridine rings is 1. The van der Waals surface area contributed by atoms with Crippen LogP contribution >= 0.6 is 11.8 Å². The Labute approximate surface area is 173 Å². The molecule has 3 heterocycles. The normalized spacial score (nSPS) is 25.9. The maximum Gasteiger partial charge on any atom is 0.319 e. The molecule has 2 aliphatic rings. The number of esters is 1. The largest absolute Gasteiger partial charge is 0.473 e. The number of carbonyl (C=O) groups is 1. The van der Waals surface area contributed by atoms with Crippen LogP contribution in [0.4, 0.5) is 11.5 Å². The van der Waals surface area contributed by atoms with Crippen molar-refractivity contribution in [3.8, 4) is 5.88 Å². The van der Waals surface area contributed by atoms with Crippen LogP contribution in [0.5, 0.6) is 5.88 Å². The van der Waals surface area contributed by atoms with E-state index in [9.17, 15) is 9.90 Å². The zero-order valence-corrected chi connectivity index (χ0v) is 17.2. The number of aliphatic hydroxyl groups excluding tert-OH is 1. The predicted molar refractivity (Wildman–Crippen MR) is 109 cm³/mol. The summed E-state index contributed by atoms with van der Waals surface area (Å²) in [5, 5.41) is 13.5. The van der Waals surface area contributed by atoms with E-state index in [1.165, 1.54) is 25.2 Å². The average Bonchev–Trinajstić information content (AvgIpc) is 3.08. The second-order valence-electron chi connectivity index (χ2n) is 7.32. The van der Waals surface area contributed by atoms with Gasteiger partial charge in [-0.3, -0.25) is 4.79 Å². The molecule has 2 atom stereocenters. The van der Waals surface area contributed by atoms with E-state index in [0.717, 1.165) is 36.3 Å². The van der Waals surface area contributed by atoms with Gasteiger partial charge in [0.25, 0.3) is 0 Å². The van der Waals surface area contributed by atoms with Crippen molar-refractivity contribution in [3.63, 3.8) is 0 Å². The van der Waals surface area contributed by atoms with Crippen molar-refractivity contribution in [1.29, 1.82) is 0 Å². The average molecular weight is 417 g/mol. The molecule has 1 aliphatic heterocycles. The van der Waals surface area contributed by atoms with Gasteiger partial charge in [0.2, 0.25) is 5.88 Å². The van der Waals surface area contributed by atoms with Gasteiger partial charge in [-0.25, -0.2) is 15.0 Å². The smallest absolute Gasteiger partial charge is 0.319 e. The molecule has 4 rings (SSSR count). The van der Waals surface area contributed by atoms with Crippen LogP contribution in [0.2, 0.25) is 0 Å². The summed E-state index contributed by atoms with van der Waals surface area (Å²) in [5.74, 6) is 0.783. The second-order valence-corrected chi connectivity index (χ2v) is 8.45. The van der Waals surface area contributed by atoms with Gasteiger partial charge >= 0.3 is 5.97 Å². The fourth-order valence-electron chi connectivity index (χ4n) is 3.75. The van der Waals surface area contributed by atoms with Crippen molar-refractivity contribution in [1.82, 2.24) is 15.0 Å². The lowest BCUT2D eigenvalue weighted by Crippen LogP contribution is -2.27. The number of ether oxygens (including phenoxy) is 2. The Hall–Kier alpha value is -2.39. The maximum absolute atomic E-state index is 12.1. The van der Waals surface area contributed by atoms with E-state index in [2.05, 4.69) is 20.3 Å². The topological polar surface area (TPSA) is 106 Å². The molecule has 8 nitrogen and oxygen atoms in total. The van der Waals surface area contributed by atoms with Crippen molar-refractivity contribution >= 4 is 29.2 Å². The molecule has 29 heavy (non-hydrogen) atoms. The molecule has 2 aromatic heterocycles. The number of nitrogens with zero attached hydrogens (tertiary/aromatic N) is 3. The number of rotatable bonds is 5. The number of hydrogen-bond donors (Lipinski definition) is 2. The Morgan fingerprint density at radius 2 is 2.03 bits per heavy atom. The number of thioether (sulfide) groups is 1. The van der Waals surface area contributed by atoms with Crippen LogP contribution in [-0.4, -0.2) is 50.6 Å². The van der Waals surface area contributed by atoms with Gasteiger partial charge in [0.1, 0.15) is 34.2 Å². The van der Waals surface area contributed by atoms with E-state index in [1.54, 1.807) is 6.20 Å². The monoisotopic (exact) mass is 416 g/mol. The Morgan fingerprint density at radius 1 is 1.24 bits per heavy atom. The van der Waals surface area contributed by atoms with Crippen molar-refractivity contribution < 1.29 is 19.4 Å². The number of methoxy groups -OCH3 is 1. The van der Waals surface area contributed by atoms with Crippen molar-refractivity contribution in [3.05, 3.63) is 30.2 Å². The molecule has 1 aliphatic carbocycles. The van der Waals surface area contributed by atoms with Crippen LogP contribution in [0.15, 0.2) is 29.7 Å². The highest BCUT2D eigenvalue weighted by Crippen LogP contribution is 2.47. The van der Waals surface area contributed by atoms with Gasteiger partial charge in [0.15, 0.2) is 0 Å². The molecule has 1 saturated carbocycles. The molecular formula is C20H24N4O4S. The maximum atomic E-state index is 12.1. The molecule has 1 fully saturated rings. The molecule has 0 saturated heterocycles. The number of aliphatic hydroxyl groups is 1. The third kappa shape index (κ3) is 4.16.